The van der Waals surface area contributed by atoms with E-state index in [-0.39, 0.29) is 31.3 Å². The van der Waals surface area contributed by atoms with E-state index in [9.17, 15) is 4.79 Å². The first-order valence-electron chi connectivity index (χ1n) is 13.5. The number of nitrogens with zero attached hydrogens (tertiary/aromatic N) is 2. The van der Waals surface area contributed by atoms with Gasteiger partial charge in [-0.2, -0.15) is 5.10 Å². The van der Waals surface area contributed by atoms with E-state index in [1.165, 1.54) is 39.0 Å². The van der Waals surface area contributed by atoms with E-state index in [1.807, 2.05) is 44.2 Å². The van der Waals surface area contributed by atoms with Gasteiger partial charge in [0, 0.05) is 5.71 Å². The third kappa shape index (κ3) is 28.0. The van der Waals surface area contributed by atoms with Crippen molar-refractivity contribution in [2.24, 2.45) is 11.0 Å². The van der Waals surface area contributed by atoms with Crippen LogP contribution in [0.2, 0.25) is 0 Å². The average molecular weight is 589 g/mol. The van der Waals surface area contributed by atoms with E-state index < -0.39 is 0 Å². The van der Waals surface area contributed by atoms with Crippen LogP contribution in [0.15, 0.2) is 59.7 Å². The minimum absolute atomic E-state index is 0.0400. The van der Waals surface area contributed by atoms with Crippen LogP contribution < -0.4 is 0 Å². The topological polar surface area (TPSA) is 109 Å². The average Bonchev–Trinajstić information content (AvgIpc) is 2.92. The Morgan fingerprint density at radius 1 is 1.05 bits per heavy atom. The van der Waals surface area contributed by atoms with E-state index in [1.54, 1.807) is 36.2 Å². The summed E-state index contributed by atoms with van der Waals surface area (Å²) in [5.41, 5.74) is 2.97. The molecule has 0 saturated heterocycles. The van der Waals surface area contributed by atoms with Crippen molar-refractivity contribution in [3.63, 3.8) is 0 Å². The molecule has 0 heterocycles. The second-order valence-corrected chi connectivity index (χ2v) is 9.71. The highest BCUT2D eigenvalue weighted by Crippen LogP contribution is 2.22. The molecule has 2 aromatic rings. The molecule has 2 N–H and O–H groups in total. The number of hydrogen-bond acceptors (Lipinski definition) is 8. The summed E-state index contributed by atoms with van der Waals surface area (Å²) in [4.78, 5) is 19.5. The lowest BCUT2D eigenvalue weighted by Gasteiger charge is -2.18. The normalized spacial score (nSPS) is 11.5. The maximum Gasteiger partial charge on any atom is 0.290 e. The number of phenols is 1. The Morgan fingerprint density at radius 3 is 1.98 bits per heavy atom. The molecule has 3 rings (SSSR count). The highest BCUT2D eigenvalue weighted by atomic mass is 32.1. The molecule has 0 aliphatic heterocycles. The fourth-order valence-corrected chi connectivity index (χ4v) is 3.62. The van der Waals surface area contributed by atoms with E-state index in [4.69, 9.17) is 19.7 Å². The number of ether oxygens (including phenoxy) is 1. The first-order chi connectivity index (χ1) is 19.6. The predicted octanol–water partition coefficient (Wildman–Crippen LogP) is 7.13. The third-order valence-corrected chi connectivity index (χ3v) is 5.29. The van der Waals surface area contributed by atoms with Crippen molar-refractivity contribution in [1.82, 2.24) is 5.01 Å². The molecule has 0 unspecified atom stereocenters. The van der Waals surface area contributed by atoms with Crippen LogP contribution in [0.5, 0.6) is 5.75 Å². The van der Waals surface area contributed by atoms with Gasteiger partial charge in [0.1, 0.15) is 12.5 Å². The van der Waals surface area contributed by atoms with E-state index in [2.05, 4.69) is 41.5 Å². The summed E-state index contributed by atoms with van der Waals surface area (Å²) in [7, 11) is 0. The van der Waals surface area contributed by atoms with Gasteiger partial charge < -0.3 is 19.1 Å². The van der Waals surface area contributed by atoms with Gasteiger partial charge in [-0.3, -0.25) is 14.6 Å². The van der Waals surface area contributed by atoms with E-state index in [0.29, 0.717) is 13.2 Å². The fraction of sp³-hybridized carbons (Fsp3) is 0.469. The maximum atomic E-state index is 11.1. The second-order valence-electron chi connectivity index (χ2n) is 9.45. The Hall–Kier alpha value is -3.32. The zero-order valence-electron chi connectivity index (χ0n) is 25.2. The van der Waals surface area contributed by atoms with Crippen LogP contribution in [0, 0.1) is 18.3 Å². The Kier molecular flexibility index (Phi) is 27.4. The molecular formula is C32H48N2O6S. The molecule has 0 aromatic heterocycles. The zero-order chi connectivity index (χ0) is 31.3. The van der Waals surface area contributed by atoms with Crippen LogP contribution in [-0.4, -0.2) is 46.5 Å². The second kappa shape index (κ2) is 28.2. The highest BCUT2D eigenvalue weighted by molar-refractivity contribution is 7.75. The Morgan fingerprint density at radius 2 is 1.56 bits per heavy atom. The SMILES string of the molecule is C#CC.CC(=O)CN(COCc1ccc(O)cc1)N=C(C)C.CC1CCCCC1.O=CO.SOCc1ccccc1. The number of hydrogen-bond donors (Lipinski definition) is 3. The molecule has 41 heavy (non-hydrogen) atoms. The van der Waals surface area contributed by atoms with Crippen molar-refractivity contribution in [3.8, 4) is 18.1 Å². The number of hydrazone groups is 1. The summed E-state index contributed by atoms with van der Waals surface area (Å²) in [5.74, 6) is 3.56. The van der Waals surface area contributed by atoms with Crippen LogP contribution in [-0.2, 0) is 31.7 Å². The molecule has 2 aromatic carbocycles. The van der Waals surface area contributed by atoms with Gasteiger partial charge in [0.25, 0.3) is 6.47 Å². The fourth-order valence-electron chi connectivity index (χ4n) is 3.47. The van der Waals surface area contributed by atoms with Gasteiger partial charge in [-0.05, 0) is 69.8 Å². The molecule has 0 bridgehead atoms. The van der Waals surface area contributed by atoms with E-state index >= 15 is 0 Å². The molecule has 1 aliphatic rings. The monoisotopic (exact) mass is 588 g/mol. The predicted molar refractivity (Wildman–Crippen MR) is 170 cm³/mol. The highest BCUT2D eigenvalue weighted by Gasteiger charge is 2.06. The maximum absolute atomic E-state index is 11.1. The minimum atomic E-state index is -0.250. The molecule has 9 heteroatoms. The van der Waals surface area contributed by atoms with E-state index in [0.717, 1.165) is 22.8 Å². The molecule has 228 valence electrons. The lowest BCUT2D eigenvalue weighted by molar-refractivity contribution is -0.123. The first kappa shape index (κ1) is 39.8. The Labute approximate surface area is 252 Å². The quantitative estimate of drug-likeness (QED) is 0.0544. The van der Waals surface area contributed by atoms with Gasteiger partial charge >= 0.3 is 0 Å². The number of terminal acetylenes is 1. The van der Waals surface area contributed by atoms with Crippen molar-refractivity contribution < 1.29 is 28.7 Å². The number of carboxylic acid groups (broad SMARTS) is 1. The van der Waals surface area contributed by atoms with Crippen LogP contribution in [0.4, 0.5) is 0 Å². The van der Waals surface area contributed by atoms with Crippen molar-refractivity contribution in [1.29, 1.82) is 0 Å². The molecule has 8 nitrogen and oxygen atoms in total. The van der Waals surface area contributed by atoms with Gasteiger partial charge in [-0.25, -0.2) is 0 Å². The number of Topliss-reactive ketones (excluding diaryl/α,β-unsaturated/α-hetero) is 1. The number of ketones is 1. The van der Waals surface area contributed by atoms with Crippen LogP contribution in [0.3, 0.4) is 0 Å². The first-order valence-corrected chi connectivity index (χ1v) is 13.9. The van der Waals surface area contributed by atoms with Crippen molar-refractivity contribution in [3.05, 3.63) is 65.7 Å². The number of aromatic hydroxyl groups is 1. The number of carbonyl (C=O) groups excluding carboxylic acids is 1. The largest absolute Gasteiger partial charge is 0.508 e. The molecule has 0 spiro atoms. The summed E-state index contributed by atoms with van der Waals surface area (Å²) in [6.45, 7) is 10.5. The van der Waals surface area contributed by atoms with Crippen LogP contribution in [0.25, 0.3) is 0 Å². The van der Waals surface area contributed by atoms with Gasteiger partial charge in [0.2, 0.25) is 0 Å². The standard InChI is InChI=1S/C14H20N2O3.C7H8OS.C7H14.C3H4.CH2O2/c1-11(2)15-16(8-12(3)17)10-19-9-13-4-6-14(18)7-5-13;9-8-6-7-4-2-1-3-5-7;1-7-5-3-2-4-6-7;1-3-2;2-1-3/h4-7,18H,8-10H2,1-3H3;1-5,9H,6H2;7H,2-6H2,1H3;1H,2H3;1H,(H,2,3). The smallest absolute Gasteiger partial charge is 0.290 e. The van der Waals surface area contributed by atoms with Crippen LogP contribution >= 0.6 is 12.9 Å². The number of phenolic OH excluding ortho intramolecular Hbond substituents is 1. The lowest BCUT2D eigenvalue weighted by atomic mass is 9.91. The molecule has 0 radical (unpaired) electrons. The number of benzene rings is 2. The third-order valence-electron chi connectivity index (χ3n) is 5.16. The summed E-state index contributed by atoms with van der Waals surface area (Å²) in [6, 6.07) is 16.7. The molecular weight excluding hydrogens is 540 g/mol. The Balaban J connectivity index is 0. The van der Waals surface area contributed by atoms with Crippen molar-refractivity contribution in [2.45, 2.75) is 79.9 Å². The lowest BCUT2D eigenvalue weighted by Crippen LogP contribution is -2.27. The summed E-state index contributed by atoms with van der Waals surface area (Å²) < 4.78 is 10.1. The van der Waals surface area contributed by atoms with Crippen LogP contribution in [0.1, 0.15) is 77.8 Å². The molecule has 1 saturated carbocycles. The van der Waals surface area contributed by atoms with Crippen molar-refractivity contribution >= 4 is 30.9 Å². The van der Waals surface area contributed by atoms with Gasteiger partial charge in [0.05, 0.1) is 19.8 Å². The van der Waals surface area contributed by atoms with Gasteiger partial charge in [-0.1, -0.05) is 81.5 Å². The summed E-state index contributed by atoms with van der Waals surface area (Å²) in [5, 5.41) is 21.9. The van der Waals surface area contributed by atoms with Crippen molar-refractivity contribution in [2.75, 3.05) is 13.3 Å². The number of carbonyl (C=O) groups is 2. The zero-order valence-corrected chi connectivity index (χ0v) is 26.1. The number of rotatable bonds is 9. The summed E-state index contributed by atoms with van der Waals surface area (Å²) in [6.07, 6.45) is 12.0. The Bertz CT molecular complexity index is 968. The molecule has 1 fully saturated rings. The van der Waals surface area contributed by atoms with Gasteiger partial charge in [-0.15, -0.1) is 12.3 Å². The number of thiol groups is 1. The van der Waals surface area contributed by atoms with Gasteiger partial charge in [0.15, 0.2) is 5.78 Å². The molecule has 1 aliphatic carbocycles. The summed E-state index contributed by atoms with van der Waals surface area (Å²) >= 11 is 3.63. The minimum Gasteiger partial charge on any atom is -0.508 e. The molecule has 0 amide bonds. The molecule has 0 atom stereocenters.